The molecule has 0 radical (unpaired) electrons. The van der Waals surface area contributed by atoms with Crippen LogP contribution in [0.5, 0.6) is 0 Å². The Balaban J connectivity index is 1.46. The first kappa shape index (κ1) is 18.2. The van der Waals surface area contributed by atoms with E-state index in [1.54, 1.807) is 0 Å². The number of likely N-dealkylation sites (tertiary alicyclic amines) is 2. The molecule has 144 valence electrons. The summed E-state index contributed by atoms with van der Waals surface area (Å²) in [5.74, 6) is 1.28. The lowest BCUT2D eigenvalue weighted by atomic mass is 9.68. The van der Waals surface area contributed by atoms with Gasteiger partial charge >= 0.3 is 0 Å². The molecule has 5 nitrogen and oxygen atoms in total. The van der Waals surface area contributed by atoms with Crippen LogP contribution in [0.4, 0.5) is 0 Å². The number of rotatable bonds is 2. The molecule has 1 aromatic heterocycles. The Labute approximate surface area is 161 Å². The third-order valence-corrected chi connectivity index (χ3v) is 6.45. The first-order chi connectivity index (χ1) is 13.0. The molecule has 0 N–H and O–H groups in total. The molecule has 1 amide bonds. The van der Waals surface area contributed by atoms with E-state index in [2.05, 4.69) is 47.4 Å². The molecule has 0 unspecified atom stereocenters. The summed E-state index contributed by atoms with van der Waals surface area (Å²) in [6.45, 7) is 7.54. The average Bonchev–Trinajstić information content (AvgIpc) is 3.00. The number of benzene rings is 1. The molecule has 2 aliphatic heterocycles. The highest BCUT2D eigenvalue weighted by molar-refractivity contribution is 5.96. The number of amides is 1. The van der Waals surface area contributed by atoms with E-state index < -0.39 is 0 Å². The Hall–Kier alpha value is -2.14. The van der Waals surface area contributed by atoms with E-state index in [-0.39, 0.29) is 5.91 Å². The van der Waals surface area contributed by atoms with Crippen LogP contribution in [-0.4, -0.2) is 54.1 Å². The highest BCUT2D eigenvalue weighted by Crippen LogP contribution is 2.44. The Morgan fingerprint density at radius 1 is 1.19 bits per heavy atom. The van der Waals surface area contributed by atoms with E-state index >= 15 is 0 Å². The Bertz CT molecular complexity index is 787. The maximum Gasteiger partial charge on any atom is 0.259 e. The third-order valence-electron chi connectivity index (χ3n) is 6.45. The van der Waals surface area contributed by atoms with Crippen molar-refractivity contribution in [3.63, 3.8) is 0 Å². The predicted octanol–water partition coefficient (Wildman–Crippen LogP) is 3.63. The van der Waals surface area contributed by atoms with Crippen LogP contribution >= 0.6 is 0 Å². The van der Waals surface area contributed by atoms with Crippen molar-refractivity contribution in [3.8, 4) is 0 Å². The number of piperidine rings is 2. The van der Waals surface area contributed by atoms with Crippen LogP contribution in [0.3, 0.4) is 0 Å². The van der Waals surface area contributed by atoms with Crippen molar-refractivity contribution in [1.29, 1.82) is 0 Å². The largest absolute Gasteiger partial charge is 0.361 e. The van der Waals surface area contributed by atoms with E-state index in [4.69, 9.17) is 4.52 Å². The van der Waals surface area contributed by atoms with E-state index in [1.807, 2.05) is 18.7 Å². The number of hydrogen-bond donors (Lipinski definition) is 0. The molecule has 27 heavy (non-hydrogen) atoms. The van der Waals surface area contributed by atoms with Crippen LogP contribution in [0, 0.1) is 19.3 Å². The van der Waals surface area contributed by atoms with Crippen LogP contribution in [-0.2, 0) is 0 Å². The fraction of sp³-hybridized carbons (Fsp3) is 0.545. The van der Waals surface area contributed by atoms with Crippen molar-refractivity contribution in [2.75, 3.05) is 33.2 Å². The molecule has 0 aliphatic carbocycles. The molecule has 1 atom stereocenters. The van der Waals surface area contributed by atoms with Crippen molar-refractivity contribution in [3.05, 3.63) is 52.9 Å². The molecule has 2 aliphatic rings. The summed E-state index contributed by atoms with van der Waals surface area (Å²) in [6, 6.07) is 10.9. The SMILES string of the molecule is Cc1noc(C)c1C(=O)N1CCC2(CC1)C[C@H](c1ccccc1)CN(C)C2. The van der Waals surface area contributed by atoms with Gasteiger partial charge in [-0.25, -0.2) is 0 Å². The molecule has 5 heteroatoms. The minimum atomic E-state index is 0.0740. The molecule has 2 fully saturated rings. The summed E-state index contributed by atoms with van der Waals surface area (Å²) in [6.07, 6.45) is 3.35. The molecule has 2 saturated heterocycles. The monoisotopic (exact) mass is 367 g/mol. The molecule has 1 spiro atoms. The molecule has 1 aromatic carbocycles. The number of likely N-dealkylation sites (N-methyl/N-ethyl adjacent to an activating group) is 1. The van der Waals surface area contributed by atoms with Gasteiger partial charge in [-0.2, -0.15) is 0 Å². The van der Waals surface area contributed by atoms with Gasteiger partial charge in [-0.1, -0.05) is 35.5 Å². The summed E-state index contributed by atoms with van der Waals surface area (Å²) in [5, 5.41) is 3.94. The lowest BCUT2D eigenvalue weighted by Crippen LogP contribution is -2.51. The number of carbonyl (C=O) groups excluding carboxylic acids is 1. The van der Waals surface area contributed by atoms with Gasteiger partial charge in [-0.3, -0.25) is 4.79 Å². The van der Waals surface area contributed by atoms with Crippen LogP contribution in [0.15, 0.2) is 34.9 Å². The van der Waals surface area contributed by atoms with E-state index in [0.29, 0.717) is 28.4 Å². The van der Waals surface area contributed by atoms with Gasteiger partial charge in [0.25, 0.3) is 5.91 Å². The zero-order chi connectivity index (χ0) is 19.0. The van der Waals surface area contributed by atoms with Crippen molar-refractivity contribution < 1.29 is 9.32 Å². The van der Waals surface area contributed by atoms with E-state index in [1.165, 1.54) is 12.0 Å². The summed E-state index contributed by atoms with van der Waals surface area (Å²) in [7, 11) is 2.23. The number of hydrogen-bond acceptors (Lipinski definition) is 4. The lowest BCUT2D eigenvalue weighted by molar-refractivity contribution is 0.0223. The zero-order valence-electron chi connectivity index (χ0n) is 16.6. The topological polar surface area (TPSA) is 49.6 Å². The van der Waals surface area contributed by atoms with Crippen molar-refractivity contribution >= 4 is 5.91 Å². The van der Waals surface area contributed by atoms with Crippen LogP contribution in [0.1, 0.15) is 52.6 Å². The molecular weight excluding hydrogens is 338 g/mol. The third kappa shape index (κ3) is 3.53. The Morgan fingerprint density at radius 3 is 2.52 bits per heavy atom. The summed E-state index contributed by atoms with van der Waals surface area (Å²) in [5.41, 5.74) is 3.09. The van der Waals surface area contributed by atoms with Crippen LogP contribution in [0.2, 0.25) is 0 Å². The maximum atomic E-state index is 12.9. The number of carbonyl (C=O) groups is 1. The van der Waals surface area contributed by atoms with Gasteiger partial charge in [-0.15, -0.1) is 0 Å². The van der Waals surface area contributed by atoms with Gasteiger partial charge in [0.05, 0.1) is 5.69 Å². The quantitative estimate of drug-likeness (QED) is 0.813. The van der Waals surface area contributed by atoms with Gasteiger partial charge in [0.1, 0.15) is 11.3 Å². The highest BCUT2D eigenvalue weighted by Gasteiger charge is 2.42. The number of aryl methyl sites for hydroxylation is 2. The van der Waals surface area contributed by atoms with Crippen molar-refractivity contribution in [1.82, 2.24) is 15.0 Å². The molecule has 2 aromatic rings. The minimum Gasteiger partial charge on any atom is -0.361 e. The van der Waals surface area contributed by atoms with Crippen molar-refractivity contribution in [2.45, 2.75) is 39.0 Å². The van der Waals surface area contributed by atoms with Gasteiger partial charge in [0.15, 0.2) is 0 Å². The van der Waals surface area contributed by atoms with Gasteiger partial charge in [-0.05, 0) is 57.1 Å². The molecular formula is C22H29N3O2. The van der Waals surface area contributed by atoms with E-state index in [0.717, 1.165) is 39.0 Å². The molecule has 0 bridgehead atoms. The lowest BCUT2D eigenvalue weighted by Gasteiger charge is -2.49. The normalized spacial score (nSPS) is 22.9. The second-order valence-corrected chi connectivity index (χ2v) is 8.50. The highest BCUT2D eigenvalue weighted by atomic mass is 16.5. The Kier molecular flexibility index (Phi) is 4.81. The fourth-order valence-corrected chi connectivity index (χ4v) is 5.11. The molecule has 4 rings (SSSR count). The second-order valence-electron chi connectivity index (χ2n) is 8.50. The van der Waals surface area contributed by atoms with Crippen LogP contribution < -0.4 is 0 Å². The molecule has 0 saturated carbocycles. The Morgan fingerprint density at radius 2 is 1.89 bits per heavy atom. The first-order valence-corrected chi connectivity index (χ1v) is 9.93. The second kappa shape index (κ2) is 7.12. The minimum absolute atomic E-state index is 0.0740. The van der Waals surface area contributed by atoms with Crippen LogP contribution in [0.25, 0.3) is 0 Å². The summed E-state index contributed by atoms with van der Waals surface area (Å²) >= 11 is 0. The fourth-order valence-electron chi connectivity index (χ4n) is 5.11. The smallest absolute Gasteiger partial charge is 0.259 e. The van der Waals surface area contributed by atoms with E-state index in [9.17, 15) is 4.79 Å². The van der Waals surface area contributed by atoms with Gasteiger partial charge in [0.2, 0.25) is 0 Å². The first-order valence-electron chi connectivity index (χ1n) is 9.93. The standard InChI is InChI=1S/C22H29N3O2/c1-16-20(17(2)27-23-16)21(26)25-11-9-22(10-12-25)13-19(14-24(3)15-22)18-7-5-4-6-8-18/h4-8,19H,9-15H2,1-3H3/t19-/m0/s1. The molecule has 3 heterocycles. The van der Waals surface area contributed by atoms with Gasteiger partial charge in [0, 0.05) is 26.2 Å². The number of aromatic nitrogens is 1. The van der Waals surface area contributed by atoms with Crippen molar-refractivity contribution in [2.24, 2.45) is 5.41 Å². The summed E-state index contributed by atoms with van der Waals surface area (Å²) in [4.78, 5) is 17.4. The zero-order valence-corrected chi connectivity index (χ0v) is 16.6. The predicted molar refractivity (Wildman–Crippen MR) is 105 cm³/mol. The van der Waals surface area contributed by atoms with Gasteiger partial charge < -0.3 is 14.3 Å². The average molecular weight is 367 g/mol. The number of nitrogens with zero attached hydrogens (tertiary/aromatic N) is 3. The summed E-state index contributed by atoms with van der Waals surface area (Å²) < 4.78 is 5.19. The maximum absolute atomic E-state index is 12.9.